The fourth-order valence-corrected chi connectivity index (χ4v) is 3.09. The van der Waals surface area contributed by atoms with Gasteiger partial charge < -0.3 is 14.5 Å². The summed E-state index contributed by atoms with van der Waals surface area (Å²) in [6, 6.07) is 20.6. The van der Waals surface area contributed by atoms with Crippen molar-refractivity contribution in [3.63, 3.8) is 0 Å². The Balaban J connectivity index is 1.41. The first kappa shape index (κ1) is 19.7. The fourth-order valence-electron chi connectivity index (χ4n) is 3.09. The van der Waals surface area contributed by atoms with Crippen LogP contribution in [0.15, 0.2) is 71.1 Å². The monoisotopic (exact) mass is 400 g/mol. The van der Waals surface area contributed by atoms with Crippen molar-refractivity contribution in [2.75, 3.05) is 11.9 Å². The summed E-state index contributed by atoms with van der Waals surface area (Å²) in [5.74, 6) is 1.17. The first-order valence-electron chi connectivity index (χ1n) is 10.1. The Kier molecular flexibility index (Phi) is 5.80. The number of ether oxygens (including phenoxy) is 1. The SMILES string of the molecule is CCCCOc1ccc(C(=O)Nc2ccc(-c3nc4ccc(C)cc4o3)cc2)cc1. The van der Waals surface area contributed by atoms with E-state index < -0.39 is 0 Å². The maximum Gasteiger partial charge on any atom is 0.255 e. The Morgan fingerprint density at radius 3 is 2.53 bits per heavy atom. The third kappa shape index (κ3) is 4.51. The van der Waals surface area contributed by atoms with Crippen molar-refractivity contribution in [1.82, 2.24) is 4.98 Å². The van der Waals surface area contributed by atoms with Gasteiger partial charge in [0, 0.05) is 16.8 Å². The number of anilines is 1. The molecule has 3 aromatic carbocycles. The summed E-state index contributed by atoms with van der Waals surface area (Å²) in [4.78, 5) is 17.0. The molecule has 0 bridgehead atoms. The van der Waals surface area contributed by atoms with Crippen LogP contribution < -0.4 is 10.1 Å². The van der Waals surface area contributed by atoms with E-state index in [-0.39, 0.29) is 5.91 Å². The Morgan fingerprint density at radius 1 is 1.03 bits per heavy atom. The largest absolute Gasteiger partial charge is 0.494 e. The van der Waals surface area contributed by atoms with E-state index in [1.165, 1.54) is 0 Å². The van der Waals surface area contributed by atoms with E-state index >= 15 is 0 Å². The molecule has 1 heterocycles. The van der Waals surface area contributed by atoms with Gasteiger partial charge in [-0.3, -0.25) is 4.79 Å². The highest BCUT2D eigenvalue weighted by Crippen LogP contribution is 2.26. The number of unbranched alkanes of at least 4 members (excludes halogenated alkanes) is 1. The van der Waals surface area contributed by atoms with Gasteiger partial charge in [0.15, 0.2) is 5.58 Å². The van der Waals surface area contributed by atoms with Gasteiger partial charge in [0.1, 0.15) is 11.3 Å². The maximum atomic E-state index is 12.5. The summed E-state index contributed by atoms with van der Waals surface area (Å²) in [5.41, 5.74) is 4.87. The van der Waals surface area contributed by atoms with Crippen molar-refractivity contribution < 1.29 is 13.9 Å². The molecule has 0 atom stereocenters. The molecule has 1 amide bonds. The van der Waals surface area contributed by atoms with Crippen LogP contribution in [0, 0.1) is 6.92 Å². The van der Waals surface area contributed by atoms with Crippen LogP contribution in [0.1, 0.15) is 35.7 Å². The summed E-state index contributed by atoms with van der Waals surface area (Å²) in [6.45, 7) is 4.83. The second-order valence-electron chi connectivity index (χ2n) is 7.25. The molecular weight excluding hydrogens is 376 g/mol. The summed E-state index contributed by atoms with van der Waals surface area (Å²) in [5, 5.41) is 2.91. The van der Waals surface area contributed by atoms with Crippen molar-refractivity contribution >= 4 is 22.7 Å². The molecule has 0 aliphatic carbocycles. The molecule has 0 spiro atoms. The number of carbonyl (C=O) groups is 1. The Bertz CT molecular complexity index is 1150. The van der Waals surface area contributed by atoms with Crippen molar-refractivity contribution in [2.45, 2.75) is 26.7 Å². The van der Waals surface area contributed by atoms with Crippen LogP contribution in [0.5, 0.6) is 5.75 Å². The lowest BCUT2D eigenvalue weighted by atomic mass is 10.1. The number of oxazole rings is 1. The summed E-state index contributed by atoms with van der Waals surface area (Å²) < 4.78 is 11.5. The van der Waals surface area contributed by atoms with Crippen LogP contribution in [0.3, 0.4) is 0 Å². The van der Waals surface area contributed by atoms with Crippen LogP contribution in [0.25, 0.3) is 22.6 Å². The van der Waals surface area contributed by atoms with E-state index in [4.69, 9.17) is 9.15 Å². The van der Waals surface area contributed by atoms with Gasteiger partial charge >= 0.3 is 0 Å². The third-order valence-electron chi connectivity index (χ3n) is 4.82. The molecule has 0 unspecified atom stereocenters. The molecule has 0 aliphatic heterocycles. The molecule has 4 rings (SSSR count). The van der Waals surface area contributed by atoms with Crippen molar-refractivity contribution in [3.05, 3.63) is 77.9 Å². The van der Waals surface area contributed by atoms with E-state index in [0.717, 1.165) is 40.8 Å². The van der Waals surface area contributed by atoms with Crippen LogP contribution in [-0.2, 0) is 0 Å². The van der Waals surface area contributed by atoms with Gasteiger partial charge in [-0.25, -0.2) is 4.98 Å². The summed E-state index contributed by atoms with van der Waals surface area (Å²) in [6.07, 6.45) is 2.10. The molecule has 4 aromatic rings. The number of aromatic nitrogens is 1. The predicted molar refractivity (Wildman–Crippen MR) is 119 cm³/mol. The topological polar surface area (TPSA) is 64.4 Å². The molecule has 0 radical (unpaired) electrons. The molecule has 0 saturated heterocycles. The van der Waals surface area contributed by atoms with E-state index in [9.17, 15) is 4.79 Å². The zero-order chi connectivity index (χ0) is 20.9. The number of rotatable bonds is 7. The highest BCUT2D eigenvalue weighted by atomic mass is 16.5. The highest BCUT2D eigenvalue weighted by Gasteiger charge is 2.10. The molecular formula is C25H24N2O3. The average Bonchev–Trinajstić information content (AvgIpc) is 3.18. The minimum Gasteiger partial charge on any atom is -0.494 e. The zero-order valence-electron chi connectivity index (χ0n) is 17.1. The normalized spacial score (nSPS) is 10.9. The van der Waals surface area contributed by atoms with Crippen LogP contribution in [0.4, 0.5) is 5.69 Å². The molecule has 0 fully saturated rings. The number of hydrogen-bond acceptors (Lipinski definition) is 4. The van der Waals surface area contributed by atoms with Gasteiger partial charge in [0.25, 0.3) is 5.91 Å². The molecule has 5 heteroatoms. The van der Waals surface area contributed by atoms with Gasteiger partial charge in [-0.15, -0.1) is 0 Å². The fraction of sp³-hybridized carbons (Fsp3) is 0.200. The van der Waals surface area contributed by atoms with Crippen molar-refractivity contribution in [3.8, 4) is 17.2 Å². The number of nitrogens with one attached hydrogen (secondary N) is 1. The molecule has 0 saturated carbocycles. The maximum absolute atomic E-state index is 12.5. The number of fused-ring (bicyclic) bond motifs is 1. The minimum atomic E-state index is -0.166. The second-order valence-corrected chi connectivity index (χ2v) is 7.25. The molecule has 152 valence electrons. The summed E-state index contributed by atoms with van der Waals surface area (Å²) in [7, 11) is 0. The quantitative estimate of drug-likeness (QED) is 0.373. The lowest BCUT2D eigenvalue weighted by Crippen LogP contribution is -2.11. The second kappa shape index (κ2) is 8.82. The van der Waals surface area contributed by atoms with Crippen LogP contribution >= 0.6 is 0 Å². The van der Waals surface area contributed by atoms with E-state index in [2.05, 4.69) is 17.2 Å². The minimum absolute atomic E-state index is 0.166. The van der Waals surface area contributed by atoms with E-state index in [1.54, 1.807) is 12.1 Å². The average molecular weight is 400 g/mol. The Hall–Kier alpha value is -3.60. The first-order chi connectivity index (χ1) is 14.6. The molecule has 1 aromatic heterocycles. The Labute approximate surface area is 175 Å². The third-order valence-corrected chi connectivity index (χ3v) is 4.82. The lowest BCUT2D eigenvalue weighted by molar-refractivity contribution is 0.102. The standard InChI is InChI=1S/C25H24N2O3/c1-3-4-15-29-21-12-8-18(9-13-21)24(28)26-20-10-6-19(7-11-20)25-27-22-14-5-17(2)16-23(22)30-25/h5-14,16H,3-4,15H2,1-2H3,(H,26,28). The lowest BCUT2D eigenvalue weighted by Gasteiger charge is -2.08. The number of benzene rings is 3. The number of aryl methyl sites for hydroxylation is 1. The van der Waals surface area contributed by atoms with E-state index in [1.807, 2.05) is 61.5 Å². The molecule has 1 N–H and O–H groups in total. The zero-order valence-corrected chi connectivity index (χ0v) is 17.1. The Morgan fingerprint density at radius 2 is 1.80 bits per heavy atom. The van der Waals surface area contributed by atoms with Gasteiger partial charge in [0.2, 0.25) is 5.89 Å². The van der Waals surface area contributed by atoms with Crippen LogP contribution in [0.2, 0.25) is 0 Å². The van der Waals surface area contributed by atoms with Gasteiger partial charge in [0.05, 0.1) is 6.61 Å². The molecule has 30 heavy (non-hydrogen) atoms. The van der Waals surface area contributed by atoms with Gasteiger partial charge in [-0.2, -0.15) is 0 Å². The van der Waals surface area contributed by atoms with E-state index in [0.29, 0.717) is 23.7 Å². The predicted octanol–water partition coefficient (Wildman–Crippen LogP) is 6.23. The first-order valence-corrected chi connectivity index (χ1v) is 10.1. The number of hydrogen-bond donors (Lipinski definition) is 1. The van der Waals surface area contributed by atoms with Gasteiger partial charge in [-0.05, 0) is 79.6 Å². The molecule has 5 nitrogen and oxygen atoms in total. The highest BCUT2D eigenvalue weighted by molar-refractivity contribution is 6.04. The van der Waals surface area contributed by atoms with Crippen molar-refractivity contribution in [2.24, 2.45) is 0 Å². The van der Waals surface area contributed by atoms with Crippen LogP contribution in [-0.4, -0.2) is 17.5 Å². The number of amides is 1. The number of nitrogens with zero attached hydrogens (tertiary/aromatic N) is 1. The smallest absolute Gasteiger partial charge is 0.255 e. The van der Waals surface area contributed by atoms with Gasteiger partial charge in [-0.1, -0.05) is 19.4 Å². The summed E-state index contributed by atoms with van der Waals surface area (Å²) >= 11 is 0. The number of carbonyl (C=O) groups excluding carboxylic acids is 1. The molecule has 0 aliphatic rings. The van der Waals surface area contributed by atoms with Crippen molar-refractivity contribution in [1.29, 1.82) is 0 Å².